The predicted octanol–water partition coefficient (Wildman–Crippen LogP) is 4.18. The molecule has 0 aliphatic rings. The van der Waals surface area contributed by atoms with Gasteiger partial charge in [-0.1, -0.05) is 17.8 Å². The third kappa shape index (κ3) is 6.52. The van der Waals surface area contributed by atoms with Crippen molar-refractivity contribution in [2.24, 2.45) is 0 Å². The lowest BCUT2D eigenvalue weighted by Crippen LogP contribution is -2.15. The Morgan fingerprint density at radius 1 is 1.06 bits per heavy atom. The van der Waals surface area contributed by atoms with Gasteiger partial charge in [-0.25, -0.2) is 0 Å². The van der Waals surface area contributed by atoms with Gasteiger partial charge >= 0.3 is 0 Å². The number of allylic oxidation sites excluding steroid dienone is 1. The minimum Gasteiger partial charge on any atom is -0.497 e. The van der Waals surface area contributed by atoms with Crippen LogP contribution in [-0.4, -0.2) is 40.1 Å². The summed E-state index contributed by atoms with van der Waals surface area (Å²) >= 11 is 1.31. The van der Waals surface area contributed by atoms with Gasteiger partial charge in [0.2, 0.25) is 5.91 Å². The zero-order valence-corrected chi connectivity index (χ0v) is 18.9. The van der Waals surface area contributed by atoms with Crippen molar-refractivity contribution in [2.75, 3.05) is 24.8 Å². The number of thioether (sulfide) groups is 1. The highest BCUT2D eigenvalue weighted by atomic mass is 32.2. The number of nitrogens with zero attached hydrogens (tertiary/aromatic N) is 3. The molecule has 1 heterocycles. The molecule has 0 unspecified atom stereocenters. The molecule has 9 heteroatoms. The Morgan fingerprint density at radius 3 is 2.38 bits per heavy atom. The Bertz CT molecular complexity index is 1020. The van der Waals surface area contributed by atoms with Crippen LogP contribution in [0.2, 0.25) is 0 Å². The van der Waals surface area contributed by atoms with Crippen LogP contribution in [0.3, 0.4) is 0 Å². The molecule has 0 bridgehead atoms. The first-order chi connectivity index (χ1) is 15.6. The van der Waals surface area contributed by atoms with Crippen molar-refractivity contribution in [3.05, 3.63) is 67.0 Å². The number of rotatable bonds is 12. The van der Waals surface area contributed by atoms with E-state index in [0.717, 1.165) is 11.5 Å². The molecule has 0 atom stereocenters. The summed E-state index contributed by atoms with van der Waals surface area (Å²) in [5.74, 6) is 2.93. The van der Waals surface area contributed by atoms with Crippen molar-refractivity contribution in [1.82, 2.24) is 14.8 Å². The van der Waals surface area contributed by atoms with Gasteiger partial charge in [-0.2, -0.15) is 0 Å². The van der Waals surface area contributed by atoms with Gasteiger partial charge in [0, 0.05) is 12.2 Å². The predicted molar refractivity (Wildman–Crippen MR) is 125 cm³/mol. The van der Waals surface area contributed by atoms with E-state index in [4.69, 9.17) is 14.2 Å². The molecule has 0 radical (unpaired) electrons. The van der Waals surface area contributed by atoms with E-state index >= 15 is 0 Å². The molecule has 0 saturated carbocycles. The average Bonchev–Trinajstić information content (AvgIpc) is 3.20. The van der Waals surface area contributed by atoms with Gasteiger partial charge in [-0.05, 0) is 55.5 Å². The number of hydrogen-bond donors (Lipinski definition) is 1. The second-order valence-corrected chi connectivity index (χ2v) is 7.50. The van der Waals surface area contributed by atoms with Crippen LogP contribution in [0.1, 0.15) is 12.7 Å². The summed E-state index contributed by atoms with van der Waals surface area (Å²) in [6.07, 6.45) is 1.75. The molecule has 1 aromatic heterocycles. The lowest BCUT2D eigenvalue weighted by atomic mass is 10.3. The van der Waals surface area contributed by atoms with Crippen LogP contribution in [0.4, 0.5) is 5.69 Å². The third-order valence-electron chi connectivity index (χ3n) is 4.31. The van der Waals surface area contributed by atoms with E-state index in [1.165, 1.54) is 11.8 Å². The van der Waals surface area contributed by atoms with Crippen LogP contribution in [0, 0.1) is 0 Å². The highest BCUT2D eigenvalue weighted by Gasteiger charge is 2.14. The molecule has 0 saturated heterocycles. The summed E-state index contributed by atoms with van der Waals surface area (Å²) in [6, 6.07) is 14.6. The number of anilines is 1. The first-order valence-corrected chi connectivity index (χ1v) is 11.1. The van der Waals surface area contributed by atoms with Gasteiger partial charge in [0.1, 0.15) is 23.9 Å². The maximum atomic E-state index is 12.4. The van der Waals surface area contributed by atoms with Crippen LogP contribution in [0.15, 0.2) is 66.3 Å². The van der Waals surface area contributed by atoms with Crippen LogP contribution >= 0.6 is 11.8 Å². The van der Waals surface area contributed by atoms with Gasteiger partial charge in [0.15, 0.2) is 11.0 Å². The Kier molecular flexibility index (Phi) is 8.56. The number of benzene rings is 2. The van der Waals surface area contributed by atoms with Crippen LogP contribution < -0.4 is 19.5 Å². The quantitative estimate of drug-likeness (QED) is 0.324. The van der Waals surface area contributed by atoms with Gasteiger partial charge < -0.3 is 19.5 Å². The second kappa shape index (κ2) is 11.8. The Morgan fingerprint density at radius 2 is 1.72 bits per heavy atom. The van der Waals surface area contributed by atoms with E-state index in [9.17, 15) is 4.79 Å². The molecule has 0 aliphatic heterocycles. The molecular formula is C23H26N4O4S. The summed E-state index contributed by atoms with van der Waals surface area (Å²) < 4.78 is 18.3. The summed E-state index contributed by atoms with van der Waals surface area (Å²) in [6.45, 7) is 7.07. The van der Waals surface area contributed by atoms with E-state index in [2.05, 4.69) is 22.1 Å². The lowest BCUT2D eigenvalue weighted by Gasteiger charge is -2.10. The highest BCUT2D eigenvalue weighted by Crippen LogP contribution is 2.21. The number of carbonyl (C=O) groups excluding carboxylic acids is 1. The second-order valence-electron chi connectivity index (χ2n) is 6.56. The fourth-order valence-electron chi connectivity index (χ4n) is 2.79. The fourth-order valence-corrected chi connectivity index (χ4v) is 3.56. The SMILES string of the molecule is C=CCn1c(COc2ccc(OC)cc2)nnc1SCC(=O)Nc1ccc(OCC)cc1. The molecule has 0 fully saturated rings. The van der Waals surface area contributed by atoms with E-state index < -0.39 is 0 Å². The molecular weight excluding hydrogens is 428 g/mol. The van der Waals surface area contributed by atoms with Crippen molar-refractivity contribution in [2.45, 2.75) is 25.2 Å². The van der Waals surface area contributed by atoms with E-state index in [1.54, 1.807) is 13.2 Å². The summed E-state index contributed by atoms with van der Waals surface area (Å²) in [5, 5.41) is 11.9. The Labute approximate surface area is 191 Å². The van der Waals surface area contributed by atoms with Crippen LogP contribution in [0.25, 0.3) is 0 Å². The number of carbonyl (C=O) groups is 1. The normalized spacial score (nSPS) is 10.4. The molecule has 168 valence electrons. The van der Waals surface area contributed by atoms with Gasteiger partial charge in [0.25, 0.3) is 0 Å². The molecule has 8 nitrogen and oxygen atoms in total. The van der Waals surface area contributed by atoms with Gasteiger partial charge in [-0.3, -0.25) is 9.36 Å². The molecule has 32 heavy (non-hydrogen) atoms. The van der Waals surface area contributed by atoms with E-state index in [-0.39, 0.29) is 18.3 Å². The topological polar surface area (TPSA) is 87.5 Å². The fraction of sp³-hybridized carbons (Fsp3) is 0.261. The first-order valence-electron chi connectivity index (χ1n) is 10.1. The monoisotopic (exact) mass is 454 g/mol. The van der Waals surface area contributed by atoms with Crippen molar-refractivity contribution in [1.29, 1.82) is 0 Å². The van der Waals surface area contributed by atoms with E-state index in [0.29, 0.717) is 35.6 Å². The smallest absolute Gasteiger partial charge is 0.234 e. The minimum absolute atomic E-state index is 0.136. The lowest BCUT2D eigenvalue weighted by molar-refractivity contribution is -0.113. The third-order valence-corrected chi connectivity index (χ3v) is 5.28. The number of ether oxygens (including phenoxy) is 3. The number of hydrogen-bond acceptors (Lipinski definition) is 7. The number of methoxy groups -OCH3 is 1. The molecule has 0 spiro atoms. The molecule has 0 aliphatic carbocycles. The Hall–Kier alpha value is -3.46. The molecule has 3 aromatic rings. The first kappa shape index (κ1) is 23.2. The molecule has 2 aromatic carbocycles. The van der Waals surface area contributed by atoms with E-state index in [1.807, 2.05) is 60.0 Å². The van der Waals surface area contributed by atoms with Crippen molar-refractivity contribution in [3.63, 3.8) is 0 Å². The van der Waals surface area contributed by atoms with Crippen molar-refractivity contribution < 1.29 is 19.0 Å². The van der Waals surface area contributed by atoms with Crippen LogP contribution in [-0.2, 0) is 17.9 Å². The number of aromatic nitrogens is 3. The molecule has 1 N–H and O–H groups in total. The number of amides is 1. The molecule has 1 amide bonds. The van der Waals surface area contributed by atoms with Gasteiger partial charge in [0.05, 0.1) is 19.5 Å². The van der Waals surface area contributed by atoms with Gasteiger partial charge in [-0.15, -0.1) is 16.8 Å². The maximum absolute atomic E-state index is 12.4. The standard InChI is InChI=1S/C23H26N4O4S/c1-4-14-27-21(15-31-20-12-10-18(29-3)11-13-20)25-26-23(27)32-16-22(28)24-17-6-8-19(9-7-17)30-5-2/h4,6-13H,1,5,14-16H2,2-3H3,(H,24,28). The average molecular weight is 455 g/mol. The zero-order chi connectivity index (χ0) is 22.8. The van der Waals surface area contributed by atoms with Crippen molar-refractivity contribution >= 4 is 23.4 Å². The minimum atomic E-state index is -0.136. The largest absolute Gasteiger partial charge is 0.497 e. The maximum Gasteiger partial charge on any atom is 0.234 e. The number of nitrogens with one attached hydrogen (secondary N) is 1. The zero-order valence-electron chi connectivity index (χ0n) is 18.1. The van der Waals surface area contributed by atoms with Crippen LogP contribution in [0.5, 0.6) is 17.2 Å². The highest BCUT2D eigenvalue weighted by molar-refractivity contribution is 7.99. The molecule has 3 rings (SSSR count). The van der Waals surface area contributed by atoms with Crippen molar-refractivity contribution in [3.8, 4) is 17.2 Å². The Balaban J connectivity index is 1.56. The summed E-state index contributed by atoms with van der Waals surface area (Å²) in [5.41, 5.74) is 0.709. The summed E-state index contributed by atoms with van der Waals surface area (Å²) in [7, 11) is 1.62. The summed E-state index contributed by atoms with van der Waals surface area (Å²) in [4.78, 5) is 12.4.